The number of carbonyl (C=O) groups is 2. The van der Waals surface area contributed by atoms with Crippen molar-refractivity contribution in [3.05, 3.63) is 47.5 Å². The van der Waals surface area contributed by atoms with E-state index in [0.29, 0.717) is 30.8 Å². The Kier molecular flexibility index (Phi) is 8.65. The highest BCUT2D eigenvalue weighted by atomic mass is 16.5. The van der Waals surface area contributed by atoms with Crippen molar-refractivity contribution >= 4 is 11.9 Å². The molecule has 0 aliphatic heterocycles. The highest BCUT2D eigenvalue weighted by Crippen LogP contribution is 2.09. The maximum Gasteiger partial charge on any atom is 0.338 e. The molecule has 0 spiro atoms. The van der Waals surface area contributed by atoms with E-state index in [9.17, 15) is 9.59 Å². The zero-order valence-corrected chi connectivity index (χ0v) is 13.3. The van der Waals surface area contributed by atoms with Gasteiger partial charge in [-0.3, -0.25) is 0 Å². The van der Waals surface area contributed by atoms with Gasteiger partial charge in [-0.05, 0) is 37.5 Å². The zero-order chi connectivity index (χ0) is 16.2. The fourth-order valence-electron chi connectivity index (χ4n) is 1.75. The van der Waals surface area contributed by atoms with Crippen LogP contribution in [0.25, 0.3) is 0 Å². The van der Waals surface area contributed by atoms with Crippen molar-refractivity contribution in [3.63, 3.8) is 0 Å². The molecule has 0 unspecified atom stereocenters. The summed E-state index contributed by atoms with van der Waals surface area (Å²) in [4.78, 5) is 23.8. The molecule has 4 heteroatoms. The van der Waals surface area contributed by atoms with Crippen LogP contribution < -0.4 is 0 Å². The molecule has 1 aromatic rings. The van der Waals surface area contributed by atoms with Gasteiger partial charge in [0.1, 0.15) is 0 Å². The minimum atomic E-state index is -0.423. The van der Waals surface area contributed by atoms with Gasteiger partial charge < -0.3 is 9.47 Å². The van der Waals surface area contributed by atoms with Crippen molar-refractivity contribution in [2.75, 3.05) is 13.2 Å². The summed E-state index contributed by atoms with van der Waals surface area (Å²) in [6.07, 6.45) is 7.47. The number of unbranched alkanes of at least 4 members (excludes halogenated alkanes) is 1. The number of ether oxygens (including phenoxy) is 2. The highest BCUT2D eigenvalue weighted by molar-refractivity contribution is 5.95. The van der Waals surface area contributed by atoms with Crippen LogP contribution in [-0.2, 0) is 9.47 Å². The largest absolute Gasteiger partial charge is 0.462 e. The Morgan fingerprint density at radius 1 is 1.00 bits per heavy atom. The molecule has 0 fully saturated rings. The van der Waals surface area contributed by atoms with Crippen LogP contribution in [0.3, 0.4) is 0 Å². The van der Waals surface area contributed by atoms with Crippen molar-refractivity contribution in [2.24, 2.45) is 0 Å². The number of hydrogen-bond acceptors (Lipinski definition) is 4. The van der Waals surface area contributed by atoms with Gasteiger partial charge in [0.05, 0.1) is 24.3 Å². The van der Waals surface area contributed by atoms with E-state index in [1.807, 2.05) is 26.0 Å². The lowest BCUT2D eigenvalue weighted by molar-refractivity contribution is 0.0499. The lowest BCUT2D eigenvalue weighted by atomic mass is 10.1. The van der Waals surface area contributed by atoms with Crippen molar-refractivity contribution in [2.45, 2.75) is 39.5 Å². The van der Waals surface area contributed by atoms with E-state index >= 15 is 0 Å². The lowest BCUT2D eigenvalue weighted by Gasteiger charge is -2.06. The Hall–Kier alpha value is -2.10. The van der Waals surface area contributed by atoms with Crippen LogP contribution in [0.2, 0.25) is 0 Å². The average molecular weight is 304 g/mol. The molecule has 0 aromatic heterocycles. The van der Waals surface area contributed by atoms with E-state index in [0.717, 1.165) is 19.3 Å². The van der Waals surface area contributed by atoms with E-state index in [-0.39, 0.29) is 0 Å². The van der Waals surface area contributed by atoms with E-state index < -0.39 is 11.9 Å². The second-order valence-electron chi connectivity index (χ2n) is 4.87. The summed E-state index contributed by atoms with van der Waals surface area (Å²) in [5.74, 6) is -0.831. The minimum absolute atomic E-state index is 0.334. The Bertz CT molecular complexity index is 506. The van der Waals surface area contributed by atoms with Crippen LogP contribution in [-0.4, -0.2) is 25.2 Å². The molecule has 22 heavy (non-hydrogen) atoms. The molecule has 0 saturated carbocycles. The highest BCUT2D eigenvalue weighted by Gasteiger charge is 2.12. The number of rotatable bonds is 9. The summed E-state index contributed by atoms with van der Waals surface area (Å²) in [7, 11) is 0. The third-order valence-corrected chi connectivity index (χ3v) is 2.99. The van der Waals surface area contributed by atoms with Crippen molar-refractivity contribution < 1.29 is 19.1 Å². The minimum Gasteiger partial charge on any atom is -0.462 e. The molecule has 0 atom stereocenters. The maximum absolute atomic E-state index is 11.9. The van der Waals surface area contributed by atoms with E-state index in [4.69, 9.17) is 9.47 Å². The quantitative estimate of drug-likeness (QED) is 0.390. The Labute approximate surface area is 132 Å². The first-order valence-corrected chi connectivity index (χ1v) is 7.78. The van der Waals surface area contributed by atoms with Crippen LogP contribution in [0.1, 0.15) is 60.2 Å². The van der Waals surface area contributed by atoms with Gasteiger partial charge in [0.15, 0.2) is 0 Å². The van der Waals surface area contributed by atoms with Crippen LogP contribution >= 0.6 is 0 Å². The molecule has 0 radical (unpaired) electrons. The monoisotopic (exact) mass is 304 g/mol. The van der Waals surface area contributed by atoms with Gasteiger partial charge in [-0.15, -0.1) is 0 Å². The number of carbonyl (C=O) groups excluding carboxylic acids is 2. The predicted octanol–water partition coefficient (Wildman–Crippen LogP) is 4.16. The number of allylic oxidation sites excluding steroid dienone is 1. The van der Waals surface area contributed by atoms with Crippen LogP contribution in [0.15, 0.2) is 36.4 Å². The molecule has 1 aromatic carbocycles. The van der Waals surface area contributed by atoms with Gasteiger partial charge in [0.25, 0.3) is 0 Å². The Balaban J connectivity index is 2.53. The van der Waals surface area contributed by atoms with E-state index in [1.54, 1.807) is 18.2 Å². The third kappa shape index (κ3) is 6.57. The van der Waals surface area contributed by atoms with Crippen molar-refractivity contribution in [1.29, 1.82) is 0 Å². The molecule has 0 saturated heterocycles. The second kappa shape index (κ2) is 10.6. The summed E-state index contributed by atoms with van der Waals surface area (Å²) in [6, 6.07) is 6.44. The SMILES string of the molecule is CC/C=C\CCOC(=O)c1cccc(C(=O)OCCCC)c1. The molecule has 1 rings (SSSR count). The van der Waals surface area contributed by atoms with Crippen molar-refractivity contribution in [3.8, 4) is 0 Å². The number of benzene rings is 1. The fourth-order valence-corrected chi connectivity index (χ4v) is 1.75. The molecule has 0 N–H and O–H groups in total. The number of esters is 2. The Morgan fingerprint density at radius 2 is 1.64 bits per heavy atom. The first kappa shape index (κ1) is 18.0. The van der Waals surface area contributed by atoms with E-state index in [1.165, 1.54) is 6.07 Å². The summed E-state index contributed by atoms with van der Waals surface area (Å²) < 4.78 is 10.3. The molecular weight excluding hydrogens is 280 g/mol. The van der Waals surface area contributed by atoms with Crippen molar-refractivity contribution in [1.82, 2.24) is 0 Å². The maximum atomic E-state index is 11.9. The molecule has 0 heterocycles. The lowest BCUT2D eigenvalue weighted by Crippen LogP contribution is -2.10. The van der Waals surface area contributed by atoms with Crippen LogP contribution in [0, 0.1) is 0 Å². The predicted molar refractivity (Wildman–Crippen MR) is 86.0 cm³/mol. The summed E-state index contributed by atoms with van der Waals surface area (Å²) in [5.41, 5.74) is 0.737. The summed E-state index contributed by atoms with van der Waals surface area (Å²) in [5, 5.41) is 0. The van der Waals surface area contributed by atoms with E-state index in [2.05, 4.69) is 0 Å². The second-order valence-corrected chi connectivity index (χ2v) is 4.87. The molecular formula is C18H24O4. The van der Waals surface area contributed by atoms with Gasteiger partial charge in [-0.2, -0.15) is 0 Å². The molecule has 0 aliphatic carbocycles. The Morgan fingerprint density at radius 3 is 2.23 bits per heavy atom. The molecule has 0 bridgehead atoms. The normalized spacial score (nSPS) is 10.6. The molecule has 0 amide bonds. The van der Waals surface area contributed by atoms with Gasteiger partial charge in [-0.1, -0.05) is 38.5 Å². The van der Waals surface area contributed by atoms with Gasteiger partial charge in [0, 0.05) is 0 Å². The van der Waals surface area contributed by atoms with Crippen LogP contribution in [0.5, 0.6) is 0 Å². The first-order chi connectivity index (χ1) is 10.7. The molecule has 0 aliphatic rings. The zero-order valence-electron chi connectivity index (χ0n) is 13.3. The third-order valence-electron chi connectivity index (χ3n) is 2.99. The standard InChI is InChI=1S/C18H24O4/c1-3-5-7-8-13-22-18(20)16-11-9-10-15(14-16)17(19)21-12-6-4-2/h5,7,9-11,14H,3-4,6,8,12-13H2,1-2H3/b7-5-. The average Bonchev–Trinajstić information content (AvgIpc) is 2.54. The molecule has 4 nitrogen and oxygen atoms in total. The van der Waals surface area contributed by atoms with Gasteiger partial charge >= 0.3 is 11.9 Å². The van der Waals surface area contributed by atoms with Gasteiger partial charge in [-0.25, -0.2) is 9.59 Å². The number of hydrogen-bond donors (Lipinski definition) is 0. The topological polar surface area (TPSA) is 52.6 Å². The smallest absolute Gasteiger partial charge is 0.338 e. The summed E-state index contributed by atoms with van der Waals surface area (Å²) >= 11 is 0. The van der Waals surface area contributed by atoms with Gasteiger partial charge in [0.2, 0.25) is 0 Å². The first-order valence-electron chi connectivity index (χ1n) is 7.78. The fraction of sp³-hybridized carbons (Fsp3) is 0.444. The summed E-state index contributed by atoms with van der Waals surface area (Å²) in [6.45, 7) is 4.81. The molecule has 120 valence electrons. The van der Waals surface area contributed by atoms with Crippen LogP contribution in [0.4, 0.5) is 0 Å².